The molecule has 1 N–H and O–H groups in total. The van der Waals surface area contributed by atoms with E-state index in [1.807, 2.05) is 6.92 Å². The van der Waals surface area contributed by atoms with E-state index >= 15 is 0 Å². The lowest BCUT2D eigenvalue weighted by atomic mass is 10.0. The van der Waals surface area contributed by atoms with Gasteiger partial charge in [0.2, 0.25) is 0 Å². The molecule has 0 saturated carbocycles. The van der Waals surface area contributed by atoms with E-state index in [1.165, 1.54) is 12.1 Å². The van der Waals surface area contributed by atoms with Crippen molar-refractivity contribution in [1.82, 2.24) is 10.2 Å². The van der Waals surface area contributed by atoms with Crippen LogP contribution in [-0.2, 0) is 6.18 Å². The van der Waals surface area contributed by atoms with Crippen LogP contribution in [0.5, 0.6) is 0 Å². The molecule has 1 aromatic rings. The van der Waals surface area contributed by atoms with Crippen LogP contribution >= 0.6 is 36.4 Å². The zero-order valence-electron chi connectivity index (χ0n) is 11.4. The molecule has 0 aliphatic carbocycles. The van der Waals surface area contributed by atoms with Gasteiger partial charge in [-0.3, -0.25) is 4.90 Å². The highest BCUT2D eigenvalue weighted by Gasteiger charge is 2.33. The average Bonchev–Trinajstić information content (AvgIpc) is 2.37. The topological polar surface area (TPSA) is 15.3 Å². The van der Waals surface area contributed by atoms with E-state index in [0.29, 0.717) is 0 Å². The Kier molecular flexibility index (Phi) is 8.36. The minimum Gasteiger partial charge on any atom is -0.314 e. The Labute approximate surface area is 139 Å². The van der Waals surface area contributed by atoms with Gasteiger partial charge in [0.25, 0.3) is 0 Å². The lowest BCUT2D eigenvalue weighted by Gasteiger charge is -2.33. The van der Waals surface area contributed by atoms with Crippen LogP contribution in [0.2, 0.25) is 5.02 Å². The van der Waals surface area contributed by atoms with Crippen LogP contribution in [0.15, 0.2) is 18.2 Å². The van der Waals surface area contributed by atoms with Crippen LogP contribution in [0.1, 0.15) is 24.1 Å². The molecular weight excluding hydrogens is 348 g/mol. The summed E-state index contributed by atoms with van der Waals surface area (Å²) in [7, 11) is 0. The summed E-state index contributed by atoms with van der Waals surface area (Å²) in [5, 5.41) is 3.02. The second kappa shape index (κ2) is 8.44. The minimum absolute atomic E-state index is 0. The summed E-state index contributed by atoms with van der Waals surface area (Å²) in [5.74, 6) is 0. The zero-order valence-corrected chi connectivity index (χ0v) is 13.8. The Balaban J connectivity index is 0.00000200. The maximum Gasteiger partial charge on any atom is 0.417 e. The van der Waals surface area contributed by atoms with Gasteiger partial charge in [0.05, 0.1) is 10.6 Å². The molecule has 0 spiro atoms. The van der Waals surface area contributed by atoms with Crippen LogP contribution in [0.3, 0.4) is 0 Å². The molecule has 0 amide bonds. The quantitative estimate of drug-likeness (QED) is 0.846. The lowest BCUT2D eigenvalue weighted by Crippen LogP contribution is -2.44. The van der Waals surface area contributed by atoms with E-state index in [-0.39, 0.29) is 35.9 Å². The van der Waals surface area contributed by atoms with Gasteiger partial charge in [-0.05, 0) is 24.6 Å². The molecule has 0 unspecified atom stereocenters. The molecule has 122 valence electrons. The van der Waals surface area contributed by atoms with Gasteiger partial charge in [0, 0.05) is 32.2 Å². The molecule has 1 aliphatic rings. The van der Waals surface area contributed by atoms with Crippen molar-refractivity contribution in [1.29, 1.82) is 0 Å². The van der Waals surface area contributed by atoms with Gasteiger partial charge in [0.15, 0.2) is 0 Å². The zero-order chi connectivity index (χ0) is 14.0. The van der Waals surface area contributed by atoms with Crippen LogP contribution in [-0.4, -0.2) is 31.1 Å². The van der Waals surface area contributed by atoms with Gasteiger partial charge in [-0.15, -0.1) is 24.8 Å². The maximum absolute atomic E-state index is 12.6. The van der Waals surface area contributed by atoms with Crippen molar-refractivity contribution in [2.24, 2.45) is 0 Å². The van der Waals surface area contributed by atoms with E-state index in [4.69, 9.17) is 11.6 Å². The summed E-state index contributed by atoms with van der Waals surface area (Å²) < 4.78 is 37.9. The molecule has 1 atom stereocenters. The highest BCUT2D eigenvalue weighted by Crippen LogP contribution is 2.36. The van der Waals surface area contributed by atoms with Gasteiger partial charge < -0.3 is 5.32 Å². The largest absolute Gasteiger partial charge is 0.417 e. The van der Waals surface area contributed by atoms with Gasteiger partial charge in [-0.1, -0.05) is 17.7 Å². The summed E-state index contributed by atoms with van der Waals surface area (Å²) in [6, 6.07) is 4.08. The van der Waals surface area contributed by atoms with Crippen LogP contribution in [0, 0.1) is 0 Å². The van der Waals surface area contributed by atoms with Crippen molar-refractivity contribution in [3.05, 3.63) is 34.3 Å². The van der Waals surface area contributed by atoms with Gasteiger partial charge >= 0.3 is 6.18 Å². The lowest BCUT2D eigenvalue weighted by molar-refractivity contribution is -0.137. The molecule has 1 fully saturated rings. The predicted octanol–water partition coefficient (Wildman–Crippen LogP) is 4.17. The molecule has 1 aliphatic heterocycles. The molecule has 0 aromatic heterocycles. The number of hydrogen-bond acceptors (Lipinski definition) is 2. The number of hydrogen-bond donors (Lipinski definition) is 1. The molecule has 0 bridgehead atoms. The Hall–Kier alpha value is -0.200. The fraction of sp³-hybridized carbons (Fsp3) is 0.538. The fourth-order valence-electron chi connectivity index (χ4n) is 2.30. The minimum atomic E-state index is -4.39. The molecule has 1 aromatic carbocycles. The number of nitrogens with one attached hydrogen (secondary N) is 1. The number of benzene rings is 1. The van der Waals surface area contributed by atoms with Gasteiger partial charge in [-0.25, -0.2) is 0 Å². The summed E-state index contributed by atoms with van der Waals surface area (Å²) in [4.78, 5) is 2.23. The third-order valence-corrected chi connectivity index (χ3v) is 3.79. The predicted molar refractivity (Wildman–Crippen MR) is 83.8 cm³/mol. The van der Waals surface area contributed by atoms with Crippen molar-refractivity contribution in [2.75, 3.05) is 26.2 Å². The van der Waals surface area contributed by atoms with Crippen LogP contribution in [0.25, 0.3) is 0 Å². The molecule has 2 nitrogen and oxygen atoms in total. The first-order chi connectivity index (χ1) is 8.89. The second-order valence-electron chi connectivity index (χ2n) is 4.70. The Bertz CT molecular complexity index is 449. The fourth-order valence-corrected chi connectivity index (χ4v) is 2.60. The summed E-state index contributed by atoms with van der Waals surface area (Å²) in [6.45, 7) is 5.57. The molecule has 21 heavy (non-hydrogen) atoms. The molecule has 8 heteroatoms. The van der Waals surface area contributed by atoms with Crippen molar-refractivity contribution in [3.63, 3.8) is 0 Å². The first-order valence-corrected chi connectivity index (χ1v) is 6.59. The first-order valence-electron chi connectivity index (χ1n) is 6.21. The van der Waals surface area contributed by atoms with Gasteiger partial charge in [0.1, 0.15) is 0 Å². The van der Waals surface area contributed by atoms with E-state index in [9.17, 15) is 13.2 Å². The van der Waals surface area contributed by atoms with Gasteiger partial charge in [-0.2, -0.15) is 13.2 Å². The van der Waals surface area contributed by atoms with E-state index in [1.54, 1.807) is 0 Å². The normalized spacial score (nSPS) is 17.6. The SMILES string of the molecule is C[C@H](c1ccc(C(F)(F)F)c(Cl)c1)N1CCNCC1.Cl.Cl. The van der Waals surface area contributed by atoms with Crippen LogP contribution in [0.4, 0.5) is 13.2 Å². The van der Waals surface area contributed by atoms with E-state index in [0.717, 1.165) is 37.8 Å². The van der Waals surface area contributed by atoms with E-state index < -0.39 is 11.7 Å². The van der Waals surface area contributed by atoms with Crippen molar-refractivity contribution < 1.29 is 13.2 Å². The molecular formula is C13H18Cl3F3N2. The van der Waals surface area contributed by atoms with Crippen molar-refractivity contribution in [2.45, 2.75) is 19.1 Å². The molecule has 0 radical (unpaired) electrons. The Morgan fingerprint density at radius 2 is 1.76 bits per heavy atom. The number of halogens is 6. The van der Waals surface area contributed by atoms with Crippen LogP contribution < -0.4 is 5.32 Å². The van der Waals surface area contributed by atoms with Crippen molar-refractivity contribution >= 4 is 36.4 Å². The third-order valence-electron chi connectivity index (χ3n) is 3.48. The number of rotatable bonds is 2. The Morgan fingerprint density at radius 1 is 1.19 bits per heavy atom. The second-order valence-corrected chi connectivity index (χ2v) is 5.11. The molecule has 1 heterocycles. The standard InChI is InChI=1S/C13H16ClF3N2.2ClH/c1-9(19-6-4-18-5-7-19)10-2-3-11(12(14)8-10)13(15,16)17;;/h2-3,8-9,18H,4-7H2,1H3;2*1H/t9-;;/m1../s1. The average molecular weight is 366 g/mol. The molecule has 2 rings (SSSR count). The number of alkyl halides is 3. The first kappa shape index (κ1) is 20.8. The summed E-state index contributed by atoms with van der Waals surface area (Å²) in [6.07, 6.45) is -4.39. The smallest absolute Gasteiger partial charge is 0.314 e. The van der Waals surface area contributed by atoms with Crippen molar-refractivity contribution in [3.8, 4) is 0 Å². The highest BCUT2D eigenvalue weighted by atomic mass is 35.5. The maximum atomic E-state index is 12.6. The monoisotopic (exact) mass is 364 g/mol. The number of piperazine rings is 1. The summed E-state index contributed by atoms with van der Waals surface area (Å²) >= 11 is 5.75. The summed E-state index contributed by atoms with van der Waals surface area (Å²) in [5.41, 5.74) is 0.0466. The number of nitrogens with zero attached hydrogens (tertiary/aromatic N) is 1. The van der Waals surface area contributed by atoms with E-state index in [2.05, 4.69) is 10.2 Å². The highest BCUT2D eigenvalue weighted by molar-refractivity contribution is 6.31. The Morgan fingerprint density at radius 3 is 2.24 bits per heavy atom. The molecule has 1 saturated heterocycles. The third kappa shape index (κ3) is 5.18.